The van der Waals surface area contributed by atoms with Crippen LogP contribution in [-0.2, 0) is 19.1 Å². The number of rotatable bonds is 37. The summed E-state index contributed by atoms with van der Waals surface area (Å²) >= 11 is 2.02. The average molecular weight is 822 g/mol. The highest BCUT2D eigenvalue weighted by Crippen LogP contribution is 2.31. The molecule has 336 valence electrons. The molecule has 1 N–H and O–H groups in total. The molecule has 0 aliphatic heterocycles. The summed E-state index contributed by atoms with van der Waals surface area (Å²) in [5, 5.41) is 9.51. The van der Waals surface area contributed by atoms with E-state index in [9.17, 15) is 14.7 Å². The number of ether oxygens (including phenoxy) is 2. The van der Waals surface area contributed by atoms with E-state index in [2.05, 4.69) is 32.7 Å². The van der Waals surface area contributed by atoms with Gasteiger partial charge in [0.15, 0.2) is 0 Å². The van der Waals surface area contributed by atoms with Gasteiger partial charge in [-0.15, -0.1) is 0 Å². The normalized spacial score (nSPS) is 17.7. The SMILES string of the molecule is CCCCCC(CCOC(=O)CCC1CCCCC1)CCC(CCC(CCCCC)CCSCC(CCCC)OC(=O)CCC1CCCCC1)N(C)CCCCO. The molecule has 2 aliphatic rings. The van der Waals surface area contributed by atoms with Crippen molar-refractivity contribution in [2.75, 3.05) is 38.3 Å². The molecule has 4 atom stereocenters. The van der Waals surface area contributed by atoms with Crippen molar-refractivity contribution >= 4 is 23.7 Å². The lowest BCUT2D eigenvalue weighted by Crippen LogP contribution is -2.33. The first-order valence-electron chi connectivity index (χ1n) is 25.1. The molecule has 0 aromatic rings. The Morgan fingerprint density at radius 2 is 1.19 bits per heavy atom. The van der Waals surface area contributed by atoms with Gasteiger partial charge in [-0.25, -0.2) is 0 Å². The molecule has 0 spiro atoms. The summed E-state index contributed by atoms with van der Waals surface area (Å²) < 4.78 is 12.0. The zero-order chi connectivity index (χ0) is 41.2. The van der Waals surface area contributed by atoms with E-state index >= 15 is 0 Å². The van der Waals surface area contributed by atoms with E-state index in [4.69, 9.17) is 9.47 Å². The highest BCUT2D eigenvalue weighted by atomic mass is 32.2. The molecular formula is C50H95NO5S. The number of nitrogens with zero attached hydrogens (tertiary/aromatic N) is 1. The molecule has 0 amide bonds. The number of hydrogen-bond acceptors (Lipinski definition) is 7. The van der Waals surface area contributed by atoms with Crippen LogP contribution in [0.4, 0.5) is 0 Å². The Hall–Kier alpha value is -0.790. The minimum Gasteiger partial charge on any atom is -0.466 e. The van der Waals surface area contributed by atoms with Crippen molar-refractivity contribution in [3.05, 3.63) is 0 Å². The van der Waals surface area contributed by atoms with E-state index < -0.39 is 0 Å². The van der Waals surface area contributed by atoms with Crippen LogP contribution in [0.25, 0.3) is 0 Å². The maximum absolute atomic E-state index is 12.9. The lowest BCUT2D eigenvalue weighted by molar-refractivity contribution is -0.148. The molecule has 2 fully saturated rings. The predicted molar refractivity (Wildman–Crippen MR) is 245 cm³/mol. The van der Waals surface area contributed by atoms with Gasteiger partial charge < -0.3 is 19.5 Å². The number of thioether (sulfide) groups is 1. The fourth-order valence-electron chi connectivity index (χ4n) is 9.65. The molecule has 0 radical (unpaired) electrons. The number of unbranched alkanes of at least 4 members (excludes halogenated alkanes) is 6. The number of aliphatic hydroxyl groups is 1. The Labute approximate surface area is 358 Å². The summed E-state index contributed by atoms with van der Waals surface area (Å²) in [5.74, 6) is 4.92. The molecule has 2 rings (SSSR count). The van der Waals surface area contributed by atoms with Gasteiger partial charge in [0.2, 0.25) is 0 Å². The third-order valence-electron chi connectivity index (χ3n) is 13.7. The van der Waals surface area contributed by atoms with E-state index in [0.29, 0.717) is 31.4 Å². The molecule has 7 heteroatoms. The van der Waals surface area contributed by atoms with Crippen LogP contribution in [0.2, 0.25) is 0 Å². The van der Waals surface area contributed by atoms with Gasteiger partial charge in [0.05, 0.1) is 6.61 Å². The highest BCUT2D eigenvalue weighted by molar-refractivity contribution is 7.99. The third kappa shape index (κ3) is 27.6. The maximum Gasteiger partial charge on any atom is 0.306 e. The monoisotopic (exact) mass is 822 g/mol. The van der Waals surface area contributed by atoms with Crippen LogP contribution in [0.3, 0.4) is 0 Å². The Bertz CT molecular complexity index is 938. The summed E-state index contributed by atoms with van der Waals surface area (Å²) in [7, 11) is 2.32. The van der Waals surface area contributed by atoms with Crippen LogP contribution >= 0.6 is 11.8 Å². The van der Waals surface area contributed by atoms with Crippen molar-refractivity contribution in [3.8, 4) is 0 Å². The predicted octanol–water partition coefficient (Wildman–Crippen LogP) is 13.9. The van der Waals surface area contributed by atoms with Gasteiger partial charge in [-0.3, -0.25) is 9.59 Å². The number of hydrogen-bond donors (Lipinski definition) is 1. The van der Waals surface area contributed by atoms with Crippen molar-refractivity contribution in [1.82, 2.24) is 4.90 Å². The van der Waals surface area contributed by atoms with E-state index in [1.807, 2.05) is 11.8 Å². The molecule has 2 saturated carbocycles. The smallest absolute Gasteiger partial charge is 0.306 e. The first-order valence-corrected chi connectivity index (χ1v) is 26.3. The van der Waals surface area contributed by atoms with Gasteiger partial charge in [-0.05, 0) is 114 Å². The number of carbonyl (C=O) groups is 2. The van der Waals surface area contributed by atoms with Gasteiger partial charge in [0.25, 0.3) is 0 Å². The lowest BCUT2D eigenvalue weighted by Gasteiger charge is -2.31. The molecule has 6 nitrogen and oxygen atoms in total. The first kappa shape index (κ1) is 52.3. The van der Waals surface area contributed by atoms with E-state index in [-0.39, 0.29) is 24.6 Å². The highest BCUT2D eigenvalue weighted by Gasteiger charge is 2.22. The van der Waals surface area contributed by atoms with E-state index in [1.54, 1.807) is 0 Å². The number of aliphatic hydroxyl groups excluding tert-OH is 1. The van der Waals surface area contributed by atoms with Crippen molar-refractivity contribution < 1.29 is 24.2 Å². The van der Waals surface area contributed by atoms with Gasteiger partial charge in [0.1, 0.15) is 6.10 Å². The van der Waals surface area contributed by atoms with Crippen LogP contribution in [0.5, 0.6) is 0 Å². The Balaban J connectivity index is 1.92. The van der Waals surface area contributed by atoms with E-state index in [1.165, 1.54) is 148 Å². The summed E-state index contributed by atoms with van der Waals surface area (Å²) in [6.45, 7) is 8.72. The average Bonchev–Trinajstić information content (AvgIpc) is 3.23. The second-order valence-corrected chi connectivity index (χ2v) is 19.8. The van der Waals surface area contributed by atoms with Gasteiger partial charge in [-0.1, -0.05) is 149 Å². The lowest BCUT2D eigenvalue weighted by atomic mass is 9.86. The third-order valence-corrected chi connectivity index (χ3v) is 14.8. The Morgan fingerprint density at radius 3 is 1.75 bits per heavy atom. The molecule has 0 bridgehead atoms. The van der Waals surface area contributed by atoms with Crippen LogP contribution in [-0.4, -0.2) is 72.4 Å². The molecule has 4 unspecified atom stereocenters. The second-order valence-electron chi connectivity index (χ2n) is 18.7. The first-order chi connectivity index (χ1) is 27.9. The summed E-state index contributed by atoms with van der Waals surface area (Å²) in [6.07, 6.45) is 39.0. The largest absolute Gasteiger partial charge is 0.466 e. The Kier molecular flexibility index (Phi) is 33.0. The second kappa shape index (κ2) is 35.9. The number of esters is 2. The Morgan fingerprint density at radius 1 is 0.632 bits per heavy atom. The van der Waals surface area contributed by atoms with Crippen molar-refractivity contribution in [3.63, 3.8) is 0 Å². The zero-order valence-corrected chi connectivity index (χ0v) is 39.1. The van der Waals surface area contributed by atoms with Crippen molar-refractivity contribution in [1.29, 1.82) is 0 Å². The minimum absolute atomic E-state index is 0.0176. The summed E-state index contributed by atoms with van der Waals surface area (Å²) in [6, 6.07) is 0.545. The summed E-state index contributed by atoms with van der Waals surface area (Å²) in [4.78, 5) is 28.1. The van der Waals surface area contributed by atoms with Crippen LogP contribution < -0.4 is 0 Å². The van der Waals surface area contributed by atoms with E-state index in [0.717, 1.165) is 87.2 Å². The van der Waals surface area contributed by atoms with Crippen LogP contribution in [0.15, 0.2) is 0 Å². The fourth-order valence-corrected chi connectivity index (χ4v) is 10.8. The molecular weight excluding hydrogens is 727 g/mol. The number of carbonyl (C=O) groups excluding carboxylic acids is 2. The summed E-state index contributed by atoms with van der Waals surface area (Å²) in [5.41, 5.74) is 0. The molecule has 57 heavy (non-hydrogen) atoms. The van der Waals surface area contributed by atoms with Crippen LogP contribution in [0, 0.1) is 23.7 Å². The topological polar surface area (TPSA) is 76.1 Å². The van der Waals surface area contributed by atoms with Gasteiger partial charge in [0, 0.05) is 31.2 Å². The quantitative estimate of drug-likeness (QED) is 0.0494. The fraction of sp³-hybridized carbons (Fsp3) is 0.960. The van der Waals surface area contributed by atoms with Crippen molar-refractivity contribution in [2.24, 2.45) is 23.7 Å². The molecule has 2 aliphatic carbocycles. The minimum atomic E-state index is 0.0176. The molecule has 0 saturated heterocycles. The molecule has 0 heterocycles. The molecule has 0 aromatic carbocycles. The maximum atomic E-state index is 12.9. The van der Waals surface area contributed by atoms with Crippen LogP contribution in [0.1, 0.15) is 233 Å². The molecule has 0 aromatic heterocycles. The standard InChI is InChI=1S/C50H95NO5S/c1-5-8-13-21-45(36-40-55-49(53)34-30-43-23-15-11-16-24-43)28-32-47(51(4)38-19-20-39-52)33-29-46(22-14-9-6-2)37-41-57-42-48(27-10-7-3)56-50(54)35-31-44-25-17-12-18-26-44/h43-48,52H,5-42H2,1-4H3. The van der Waals surface area contributed by atoms with Gasteiger partial charge >= 0.3 is 11.9 Å². The zero-order valence-electron chi connectivity index (χ0n) is 38.3. The van der Waals surface area contributed by atoms with Gasteiger partial charge in [-0.2, -0.15) is 11.8 Å². The van der Waals surface area contributed by atoms with Crippen molar-refractivity contribution in [2.45, 2.75) is 245 Å².